The standard InChI is InChI=1S/C9H8N4O2.Li/c1-6-11-2-3-13(6)8-5-10-4-7(12-8)9(14)15;/h2-5H,1H3,(H,14,15);/q;+1/p-1. The molecule has 16 heavy (non-hydrogen) atoms. The van der Waals surface area contributed by atoms with Crippen LogP contribution in [0.3, 0.4) is 0 Å². The normalized spacial score (nSPS) is 9.56. The number of aryl methyl sites for hydroxylation is 1. The molecule has 0 spiro atoms. The third-order valence-corrected chi connectivity index (χ3v) is 1.90. The van der Waals surface area contributed by atoms with Gasteiger partial charge in [0.25, 0.3) is 0 Å². The first-order valence-electron chi connectivity index (χ1n) is 4.22. The number of carboxylic acids is 1. The Bertz CT molecular complexity index is 512. The summed E-state index contributed by atoms with van der Waals surface area (Å²) in [4.78, 5) is 22.2. The number of imidazole rings is 1. The molecule has 0 saturated heterocycles. The molecule has 0 atom stereocenters. The predicted octanol–water partition coefficient (Wildman–Crippen LogP) is -3.66. The van der Waals surface area contributed by atoms with Crippen molar-refractivity contribution >= 4 is 5.97 Å². The minimum atomic E-state index is -1.35. The molecule has 6 nitrogen and oxygen atoms in total. The first kappa shape index (κ1) is 12.4. The second-order valence-corrected chi connectivity index (χ2v) is 2.89. The Labute approximate surface area is 104 Å². The van der Waals surface area contributed by atoms with Crippen LogP contribution in [0.1, 0.15) is 16.3 Å². The Morgan fingerprint density at radius 3 is 2.75 bits per heavy atom. The molecule has 0 unspecified atom stereocenters. The maximum absolute atomic E-state index is 10.6. The molecule has 7 heteroatoms. The van der Waals surface area contributed by atoms with Crippen LogP contribution in [-0.4, -0.2) is 25.5 Å². The van der Waals surface area contributed by atoms with Crippen molar-refractivity contribution in [3.05, 3.63) is 36.3 Å². The van der Waals surface area contributed by atoms with Crippen LogP contribution in [0.5, 0.6) is 0 Å². The van der Waals surface area contributed by atoms with Gasteiger partial charge in [0.15, 0.2) is 5.82 Å². The number of hydrogen-bond acceptors (Lipinski definition) is 5. The zero-order valence-corrected chi connectivity index (χ0v) is 8.91. The Hall–Kier alpha value is -1.64. The molecule has 0 aliphatic rings. The van der Waals surface area contributed by atoms with Crippen LogP contribution in [0, 0.1) is 6.92 Å². The molecule has 2 heterocycles. The summed E-state index contributed by atoms with van der Waals surface area (Å²) in [5, 5.41) is 10.6. The van der Waals surface area contributed by atoms with Gasteiger partial charge in [-0.2, -0.15) is 0 Å². The fraction of sp³-hybridized carbons (Fsp3) is 0.111. The number of rotatable bonds is 2. The fourth-order valence-electron chi connectivity index (χ4n) is 1.19. The molecule has 76 valence electrons. The quantitative estimate of drug-likeness (QED) is 0.477. The van der Waals surface area contributed by atoms with Crippen molar-refractivity contribution in [3.63, 3.8) is 0 Å². The largest absolute Gasteiger partial charge is 1.00 e. The number of carbonyl (C=O) groups excluding carboxylic acids is 1. The van der Waals surface area contributed by atoms with Gasteiger partial charge >= 0.3 is 18.9 Å². The Morgan fingerprint density at radius 1 is 1.44 bits per heavy atom. The van der Waals surface area contributed by atoms with Gasteiger partial charge in [-0.1, -0.05) is 0 Å². The van der Waals surface area contributed by atoms with E-state index in [1.165, 1.54) is 6.20 Å². The van der Waals surface area contributed by atoms with Crippen LogP contribution in [0.25, 0.3) is 5.82 Å². The predicted molar refractivity (Wildman–Crippen MR) is 48.2 cm³/mol. The van der Waals surface area contributed by atoms with E-state index in [1.807, 2.05) is 0 Å². The smallest absolute Gasteiger partial charge is 0.543 e. The van der Waals surface area contributed by atoms with Gasteiger partial charge in [0.1, 0.15) is 11.5 Å². The summed E-state index contributed by atoms with van der Waals surface area (Å²) in [6, 6.07) is 0. The average molecular weight is 210 g/mol. The number of aromatic carboxylic acids is 1. The van der Waals surface area contributed by atoms with Gasteiger partial charge in [-0.3, -0.25) is 9.55 Å². The zero-order valence-electron chi connectivity index (χ0n) is 8.91. The van der Waals surface area contributed by atoms with Crippen molar-refractivity contribution in [2.75, 3.05) is 0 Å². The molecule has 2 aromatic heterocycles. The molecular formula is C9H7LiN4O2. The van der Waals surface area contributed by atoms with Crippen LogP contribution in [-0.2, 0) is 0 Å². The molecule has 0 radical (unpaired) electrons. The monoisotopic (exact) mass is 210 g/mol. The second kappa shape index (κ2) is 4.92. The maximum Gasteiger partial charge on any atom is 1.00 e. The number of aromatic nitrogens is 4. The minimum Gasteiger partial charge on any atom is -0.543 e. The summed E-state index contributed by atoms with van der Waals surface area (Å²) in [6.07, 6.45) is 5.88. The Morgan fingerprint density at radius 2 is 2.19 bits per heavy atom. The topological polar surface area (TPSA) is 83.7 Å². The van der Waals surface area contributed by atoms with E-state index in [0.717, 1.165) is 6.20 Å². The van der Waals surface area contributed by atoms with Crippen molar-refractivity contribution in [3.8, 4) is 5.82 Å². The third-order valence-electron chi connectivity index (χ3n) is 1.90. The zero-order chi connectivity index (χ0) is 10.8. The van der Waals surface area contributed by atoms with Crippen LogP contribution in [0.15, 0.2) is 24.8 Å². The van der Waals surface area contributed by atoms with E-state index < -0.39 is 5.97 Å². The van der Waals surface area contributed by atoms with E-state index in [-0.39, 0.29) is 24.6 Å². The first-order valence-corrected chi connectivity index (χ1v) is 4.22. The number of nitrogens with zero attached hydrogens (tertiary/aromatic N) is 4. The van der Waals surface area contributed by atoms with E-state index in [9.17, 15) is 9.90 Å². The molecule has 0 aliphatic carbocycles. The van der Waals surface area contributed by atoms with Gasteiger partial charge in [0.05, 0.1) is 18.4 Å². The molecule has 2 rings (SSSR count). The fourth-order valence-corrected chi connectivity index (χ4v) is 1.19. The van der Waals surface area contributed by atoms with E-state index in [4.69, 9.17) is 0 Å². The third kappa shape index (κ3) is 2.29. The molecule has 0 aromatic carbocycles. The summed E-state index contributed by atoms with van der Waals surface area (Å²) in [5.41, 5.74) is -0.194. The number of carboxylic acid groups (broad SMARTS) is 1. The van der Waals surface area contributed by atoms with Crippen molar-refractivity contribution in [1.82, 2.24) is 19.5 Å². The van der Waals surface area contributed by atoms with Gasteiger partial charge in [-0.05, 0) is 6.92 Å². The van der Waals surface area contributed by atoms with E-state index >= 15 is 0 Å². The van der Waals surface area contributed by atoms with Crippen LogP contribution in [0.4, 0.5) is 0 Å². The molecule has 0 amide bonds. The molecule has 2 aromatic rings. The van der Waals surface area contributed by atoms with Gasteiger partial charge in [-0.25, -0.2) is 9.97 Å². The Kier molecular flexibility index (Phi) is 3.82. The Balaban J connectivity index is 0.00000128. The molecule has 0 fully saturated rings. The summed E-state index contributed by atoms with van der Waals surface area (Å²) in [6.45, 7) is 1.79. The summed E-state index contributed by atoms with van der Waals surface area (Å²) < 4.78 is 1.64. The molecular weight excluding hydrogens is 203 g/mol. The number of hydrogen-bond donors (Lipinski definition) is 0. The molecule has 0 N–H and O–H groups in total. The van der Waals surface area contributed by atoms with Crippen molar-refractivity contribution < 1.29 is 28.8 Å². The van der Waals surface area contributed by atoms with E-state index in [0.29, 0.717) is 11.6 Å². The van der Waals surface area contributed by atoms with Crippen molar-refractivity contribution in [2.45, 2.75) is 6.92 Å². The minimum absolute atomic E-state index is 0. The first-order chi connectivity index (χ1) is 7.18. The SMILES string of the molecule is Cc1nccn1-c1cncc(C(=O)[O-])n1.[Li+]. The molecule has 0 aliphatic heterocycles. The molecule has 0 bridgehead atoms. The van der Waals surface area contributed by atoms with Crippen LogP contribution < -0.4 is 24.0 Å². The van der Waals surface area contributed by atoms with Crippen LogP contribution in [0.2, 0.25) is 0 Å². The summed E-state index contributed by atoms with van der Waals surface area (Å²) in [7, 11) is 0. The van der Waals surface area contributed by atoms with Gasteiger partial charge in [-0.15, -0.1) is 0 Å². The van der Waals surface area contributed by atoms with Gasteiger partial charge in [0, 0.05) is 12.4 Å². The van der Waals surface area contributed by atoms with Crippen molar-refractivity contribution in [1.29, 1.82) is 0 Å². The summed E-state index contributed by atoms with van der Waals surface area (Å²) >= 11 is 0. The van der Waals surface area contributed by atoms with E-state index in [1.54, 1.807) is 23.9 Å². The van der Waals surface area contributed by atoms with Gasteiger partial charge in [0.2, 0.25) is 0 Å². The van der Waals surface area contributed by atoms with E-state index in [2.05, 4.69) is 15.0 Å². The average Bonchev–Trinajstić information content (AvgIpc) is 2.64. The number of carbonyl (C=O) groups is 1. The summed E-state index contributed by atoms with van der Waals surface area (Å²) in [5.74, 6) is -0.228. The van der Waals surface area contributed by atoms with Crippen LogP contribution >= 0.6 is 0 Å². The second-order valence-electron chi connectivity index (χ2n) is 2.89. The van der Waals surface area contributed by atoms with Gasteiger partial charge < -0.3 is 9.90 Å². The molecule has 0 saturated carbocycles. The van der Waals surface area contributed by atoms with Crippen molar-refractivity contribution in [2.24, 2.45) is 0 Å². The maximum atomic E-state index is 10.6.